The van der Waals surface area contributed by atoms with Gasteiger partial charge in [-0.2, -0.15) is 0 Å². The Morgan fingerprint density at radius 3 is 2.50 bits per heavy atom. The van der Waals surface area contributed by atoms with E-state index >= 15 is 0 Å². The average molecular weight is 203 g/mol. The SMILES string of the molecule is CC1CC(C)C(C)C=C1Br. The fourth-order valence-electron chi connectivity index (χ4n) is 1.46. The summed E-state index contributed by atoms with van der Waals surface area (Å²) in [6.45, 7) is 6.90. The van der Waals surface area contributed by atoms with Gasteiger partial charge in [0.1, 0.15) is 0 Å². The Kier molecular flexibility index (Phi) is 2.56. The Hall–Kier alpha value is 0.220. The molecule has 3 unspecified atom stereocenters. The third-order valence-corrected chi connectivity index (χ3v) is 3.56. The summed E-state index contributed by atoms with van der Waals surface area (Å²) in [6.07, 6.45) is 3.68. The van der Waals surface area contributed by atoms with Crippen molar-refractivity contribution in [3.63, 3.8) is 0 Å². The molecule has 0 heterocycles. The van der Waals surface area contributed by atoms with Gasteiger partial charge in [-0.3, -0.25) is 0 Å². The number of hydrogen-bond donors (Lipinski definition) is 0. The van der Waals surface area contributed by atoms with Crippen LogP contribution in [-0.4, -0.2) is 0 Å². The molecule has 0 aromatic heterocycles. The summed E-state index contributed by atoms with van der Waals surface area (Å²) in [5.74, 6) is 2.35. The molecule has 0 aromatic rings. The average Bonchev–Trinajstić information content (AvgIpc) is 1.84. The molecule has 0 saturated carbocycles. The zero-order valence-corrected chi connectivity index (χ0v) is 8.48. The summed E-state index contributed by atoms with van der Waals surface area (Å²) in [5.41, 5.74) is 0. The number of rotatable bonds is 0. The molecule has 0 spiro atoms. The van der Waals surface area contributed by atoms with Crippen LogP contribution in [0.4, 0.5) is 0 Å². The lowest BCUT2D eigenvalue weighted by Gasteiger charge is -2.27. The van der Waals surface area contributed by atoms with E-state index < -0.39 is 0 Å². The Bertz CT molecular complexity index is 149. The van der Waals surface area contributed by atoms with Crippen LogP contribution in [0.1, 0.15) is 27.2 Å². The van der Waals surface area contributed by atoms with Gasteiger partial charge in [0.25, 0.3) is 0 Å². The number of allylic oxidation sites excluding steroid dienone is 2. The molecule has 0 aliphatic heterocycles. The molecule has 1 heteroatoms. The van der Waals surface area contributed by atoms with Gasteiger partial charge in [-0.1, -0.05) is 42.8 Å². The van der Waals surface area contributed by atoms with Gasteiger partial charge in [0.2, 0.25) is 0 Å². The Balaban J connectivity index is 2.69. The first-order chi connectivity index (χ1) is 4.61. The van der Waals surface area contributed by atoms with Crippen LogP contribution in [0, 0.1) is 17.8 Å². The van der Waals surface area contributed by atoms with E-state index in [1.807, 2.05) is 0 Å². The van der Waals surface area contributed by atoms with Crippen molar-refractivity contribution in [1.82, 2.24) is 0 Å². The third kappa shape index (κ3) is 1.63. The zero-order valence-electron chi connectivity index (χ0n) is 6.89. The molecule has 3 atom stereocenters. The van der Waals surface area contributed by atoms with E-state index in [9.17, 15) is 0 Å². The molecule has 10 heavy (non-hydrogen) atoms. The van der Waals surface area contributed by atoms with Gasteiger partial charge in [0.15, 0.2) is 0 Å². The molecule has 0 radical (unpaired) electrons. The van der Waals surface area contributed by atoms with Crippen molar-refractivity contribution in [3.05, 3.63) is 10.6 Å². The monoisotopic (exact) mass is 202 g/mol. The van der Waals surface area contributed by atoms with E-state index in [2.05, 4.69) is 42.8 Å². The highest BCUT2D eigenvalue weighted by Gasteiger charge is 2.21. The van der Waals surface area contributed by atoms with E-state index in [-0.39, 0.29) is 0 Å². The third-order valence-electron chi connectivity index (χ3n) is 2.52. The lowest BCUT2D eigenvalue weighted by atomic mass is 9.82. The molecule has 0 bridgehead atoms. The summed E-state index contributed by atoms with van der Waals surface area (Å²) < 4.78 is 1.40. The fraction of sp³-hybridized carbons (Fsp3) is 0.778. The Morgan fingerprint density at radius 2 is 2.00 bits per heavy atom. The fourth-order valence-corrected chi connectivity index (χ4v) is 2.07. The molecule has 1 aliphatic carbocycles. The minimum atomic E-state index is 0.742. The quantitative estimate of drug-likeness (QED) is 0.564. The smallest absolute Gasteiger partial charge is 0.00581 e. The molecule has 0 aromatic carbocycles. The van der Waals surface area contributed by atoms with Gasteiger partial charge in [0.05, 0.1) is 0 Å². The molecule has 0 nitrogen and oxygen atoms in total. The van der Waals surface area contributed by atoms with Crippen LogP contribution in [0.2, 0.25) is 0 Å². The van der Waals surface area contributed by atoms with Gasteiger partial charge >= 0.3 is 0 Å². The van der Waals surface area contributed by atoms with Crippen LogP contribution in [0.5, 0.6) is 0 Å². The lowest BCUT2D eigenvalue weighted by Crippen LogP contribution is -2.15. The Labute approximate surface area is 71.8 Å². The summed E-state index contributed by atoms with van der Waals surface area (Å²) in [5, 5.41) is 0. The second-order valence-electron chi connectivity index (χ2n) is 3.52. The van der Waals surface area contributed by atoms with Gasteiger partial charge in [0, 0.05) is 0 Å². The molecule has 0 saturated heterocycles. The van der Waals surface area contributed by atoms with Gasteiger partial charge in [-0.15, -0.1) is 0 Å². The molecular formula is C9H15Br. The van der Waals surface area contributed by atoms with Crippen molar-refractivity contribution in [1.29, 1.82) is 0 Å². The van der Waals surface area contributed by atoms with E-state index in [0.29, 0.717) is 0 Å². The first kappa shape index (κ1) is 8.32. The van der Waals surface area contributed by atoms with Crippen LogP contribution in [-0.2, 0) is 0 Å². The van der Waals surface area contributed by atoms with E-state index in [1.165, 1.54) is 10.9 Å². The van der Waals surface area contributed by atoms with Crippen molar-refractivity contribution in [3.8, 4) is 0 Å². The predicted octanol–water partition coefficient (Wildman–Crippen LogP) is 3.58. The summed E-state index contributed by atoms with van der Waals surface area (Å²) in [7, 11) is 0. The molecule has 0 N–H and O–H groups in total. The highest BCUT2D eigenvalue weighted by atomic mass is 79.9. The van der Waals surface area contributed by atoms with Crippen LogP contribution in [0.25, 0.3) is 0 Å². The molecular weight excluding hydrogens is 188 g/mol. The van der Waals surface area contributed by atoms with E-state index in [1.54, 1.807) is 0 Å². The predicted molar refractivity (Wildman–Crippen MR) is 49.1 cm³/mol. The molecule has 1 aliphatic rings. The highest BCUT2D eigenvalue weighted by molar-refractivity contribution is 9.11. The summed E-state index contributed by atoms with van der Waals surface area (Å²) in [6, 6.07) is 0. The van der Waals surface area contributed by atoms with Crippen LogP contribution in [0.15, 0.2) is 10.6 Å². The number of hydrogen-bond acceptors (Lipinski definition) is 0. The lowest BCUT2D eigenvalue weighted by molar-refractivity contribution is 0.361. The van der Waals surface area contributed by atoms with Gasteiger partial charge in [-0.05, 0) is 28.7 Å². The largest absolute Gasteiger partial charge is 0.0710 e. The zero-order chi connectivity index (χ0) is 7.72. The van der Waals surface area contributed by atoms with Gasteiger partial charge in [-0.25, -0.2) is 0 Å². The van der Waals surface area contributed by atoms with Crippen LogP contribution < -0.4 is 0 Å². The van der Waals surface area contributed by atoms with Crippen LogP contribution in [0.3, 0.4) is 0 Å². The number of halogens is 1. The minimum absolute atomic E-state index is 0.742. The molecule has 1 rings (SSSR count). The van der Waals surface area contributed by atoms with Crippen LogP contribution >= 0.6 is 15.9 Å². The molecule has 58 valence electrons. The Morgan fingerprint density at radius 1 is 1.40 bits per heavy atom. The van der Waals surface area contributed by atoms with E-state index in [0.717, 1.165) is 17.8 Å². The topological polar surface area (TPSA) is 0 Å². The standard InChI is InChI=1S/C9H15Br/c1-6-4-8(3)9(10)5-7(6)2/h5-8H,4H2,1-3H3. The van der Waals surface area contributed by atoms with Crippen molar-refractivity contribution < 1.29 is 0 Å². The summed E-state index contributed by atoms with van der Waals surface area (Å²) in [4.78, 5) is 0. The maximum absolute atomic E-state index is 3.58. The summed E-state index contributed by atoms with van der Waals surface area (Å²) >= 11 is 3.58. The molecule has 0 amide bonds. The first-order valence-electron chi connectivity index (χ1n) is 3.98. The maximum atomic E-state index is 3.58. The van der Waals surface area contributed by atoms with Gasteiger partial charge < -0.3 is 0 Å². The second kappa shape index (κ2) is 3.08. The first-order valence-corrected chi connectivity index (χ1v) is 4.77. The normalized spacial score (nSPS) is 41.2. The van der Waals surface area contributed by atoms with Crippen molar-refractivity contribution >= 4 is 15.9 Å². The maximum Gasteiger partial charge on any atom is -0.00581 e. The van der Waals surface area contributed by atoms with E-state index in [4.69, 9.17) is 0 Å². The van der Waals surface area contributed by atoms with Crippen molar-refractivity contribution in [2.75, 3.05) is 0 Å². The minimum Gasteiger partial charge on any atom is -0.0710 e. The second-order valence-corrected chi connectivity index (χ2v) is 4.44. The highest BCUT2D eigenvalue weighted by Crippen LogP contribution is 2.35. The van der Waals surface area contributed by atoms with Crippen molar-refractivity contribution in [2.24, 2.45) is 17.8 Å². The van der Waals surface area contributed by atoms with Crippen molar-refractivity contribution in [2.45, 2.75) is 27.2 Å². The molecule has 0 fully saturated rings.